The summed E-state index contributed by atoms with van der Waals surface area (Å²) >= 11 is 0. The summed E-state index contributed by atoms with van der Waals surface area (Å²) < 4.78 is 19.6. The smallest absolute Gasteiger partial charge is 0.178 e. The van der Waals surface area contributed by atoms with E-state index in [4.69, 9.17) is 14.2 Å². The van der Waals surface area contributed by atoms with Crippen LogP contribution in [0.15, 0.2) is 146 Å². The van der Waals surface area contributed by atoms with Gasteiger partial charge in [-0.05, 0) is 109 Å². The van der Waals surface area contributed by atoms with Gasteiger partial charge >= 0.3 is 0 Å². The predicted octanol–water partition coefficient (Wildman–Crippen LogP) is 11.3. The number of nitrogens with zero attached hydrogens (tertiary/aromatic N) is 1. The zero-order valence-corrected chi connectivity index (χ0v) is 30.6. The Kier molecular flexibility index (Phi) is 6.33. The van der Waals surface area contributed by atoms with Crippen molar-refractivity contribution < 1.29 is 14.2 Å². The molecule has 1 atom stereocenters. The van der Waals surface area contributed by atoms with Crippen molar-refractivity contribution in [3.05, 3.63) is 185 Å². The summed E-state index contributed by atoms with van der Waals surface area (Å²) in [7, 11) is 7.63. The molecule has 54 heavy (non-hydrogen) atoms. The molecular weight excluding hydrogens is 663 g/mol. The molecule has 0 amide bonds. The van der Waals surface area contributed by atoms with Crippen LogP contribution in [0.5, 0.6) is 17.2 Å². The number of benzene rings is 8. The second kappa shape index (κ2) is 11.0. The number of anilines is 1. The molecule has 1 spiro atoms. The Labute approximate surface area is 314 Å². The van der Waals surface area contributed by atoms with Crippen molar-refractivity contribution in [1.82, 2.24) is 0 Å². The largest absolute Gasteiger partial charge is 0.497 e. The van der Waals surface area contributed by atoms with Gasteiger partial charge in [-0.1, -0.05) is 103 Å². The van der Waals surface area contributed by atoms with E-state index in [1.807, 2.05) is 0 Å². The van der Waals surface area contributed by atoms with Crippen LogP contribution in [-0.4, -0.2) is 28.3 Å². The number of methoxy groups -OCH3 is 2. The summed E-state index contributed by atoms with van der Waals surface area (Å²) in [6.45, 7) is 0. The van der Waals surface area contributed by atoms with Gasteiger partial charge in [0.1, 0.15) is 17.2 Å². The van der Waals surface area contributed by atoms with Crippen molar-refractivity contribution in [2.24, 2.45) is 0 Å². The molecule has 0 saturated heterocycles. The Bertz CT molecular complexity index is 2840. The van der Waals surface area contributed by atoms with Crippen LogP contribution in [0.2, 0.25) is 0 Å². The molecule has 8 aromatic rings. The van der Waals surface area contributed by atoms with E-state index < -0.39 is 11.0 Å². The van der Waals surface area contributed by atoms with Crippen LogP contribution in [-0.2, 0) is 11.0 Å². The maximum Gasteiger partial charge on any atom is 0.178 e. The van der Waals surface area contributed by atoms with Gasteiger partial charge in [0.2, 0.25) is 0 Å². The number of fused-ring (bicyclic) bond motifs is 12. The van der Waals surface area contributed by atoms with E-state index >= 15 is 0 Å². The van der Waals surface area contributed by atoms with Gasteiger partial charge in [0.05, 0.1) is 19.6 Å². The molecule has 0 fully saturated rings. The molecule has 3 aliphatic rings. The lowest BCUT2D eigenvalue weighted by molar-refractivity contribution is 0.163. The first-order valence-corrected chi connectivity index (χ1v) is 18.5. The first-order chi connectivity index (χ1) is 26.5. The first kappa shape index (κ1) is 31.0. The minimum Gasteiger partial charge on any atom is -0.497 e. The van der Waals surface area contributed by atoms with E-state index in [2.05, 4.69) is 171 Å². The third-order valence-electron chi connectivity index (χ3n) is 12.2. The second-order valence-corrected chi connectivity index (χ2v) is 14.9. The summed E-state index contributed by atoms with van der Waals surface area (Å²) in [6.07, 6.45) is 4.62. The average molecular weight is 700 g/mol. The van der Waals surface area contributed by atoms with Crippen LogP contribution in [0, 0.1) is 0 Å². The van der Waals surface area contributed by atoms with Crippen LogP contribution < -0.4 is 19.1 Å². The second-order valence-electron chi connectivity index (χ2n) is 14.9. The maximum absolute atomic E-state index is 7.72. The fourth-order valence-corrected chi connectivity index (χ4v) is 9.89. The number of hydrogen-bond acceptors (Lipinski definition) is 4. The van der Waals surface area contributed by atoms with E-state index in [9.17, 15) is 0 Å². The normalized spacial score (nSPS) is 16.8. The molecule has 2 aliphatic carbocycles. The molecule has 4 heteroatoms. The van der Waals surface area contributed by atoms with Gasteiger partial charge in [0.15, 0.2) is 5.60 Å². The Hall–Kier alpha value is -6.52. The molecule has 0 saturated carbocycles. The van der Waals surface area contributed by atoms with Crippen molar-refractivity contribution >= 4 is 44.1 Å². The van der Waals surface area contributed by atoms with Gasteiger partial charge in [-0.25, -0.2) is 0 Å². The van der Waals surface area contributed by atoms with Gasteiger partial charge in [-0.15, -0.1) is 0 Å². The lowest BCUT2D eigenvalue weighted by Crippen LogP contribution is -2.35. The molecule has 0 aromatic heterocycles. The summed E-state index contributed by atoms with van der Waals surface area (Å²) in [5, 5.41) is 7.27. The van der Waals surface area contributed by atoms with Gasteiger partial charge in [-0.3, -0.25) is 0 Å². The SMILES string of the molecule is COc1ccc2c(c1)C1(c3c4c(c5cc(OC)ccc5c3-2)OC(c2ccccc2)(c2ccc(N(C)C)cc2)C=C4)c2cccc3ccc4cccc1c4c23. The third kappa shape index (κ3) is 3.82. The van der Waals surface area contributed by atoms with Crippen molar-refractivity contribution in [2.45, 2.75) is 11.0 Å². The zero-order chi connectivity index (χ0) is 36.3. The Morgan fingerprint density at radius 1 is 0.574 bits per heavy atom. The quantitative estimate of drug-likeness (QED) is 0.167. The Morgan fingerprint density at radius 3 is 1.89 bits per heavy atom. The molecular formula is C50H37NO3. The van der Waals surface area contributed by atoms with Crippen LogP contribution in [0.1, 0.15) is 38.9 Å². The van der Waals surface area contributed by atoms with Crippen LogP contribution >= 0.6 is 0 Å². The fraction of sp³-hybridized carbons (Fsp3) is 0.120. The van der Waals surface area contributed by atoms with Crippen LogP contribution in [0.25, 0.3) is 49.5 Å². The van der Waals surface area contributed by atoms with Crippen LogP contribution in [0.4, 0.5) is 5.69 Å². The Balaban J connectivity index is 1.30. The molecule has 1 aliphatic heterocycles. The highest BCUT2D eigenvalue weighted by Gasteiger charge is 2.54. The topological polar surface area (TPSA) is 30.9 Å². The maximum atomic E-state index is 7.72. The standard InChI is InChI=1S/C50H37NO3/c1-51(2)34-20-18-33(19-21-34)49(32-12-6-5-7-13-32)27-26-39-47-46(37-24-22-35(52-3)28-40(37)48(39)54-49)38-25-23-36(53-4)29-43(38)50(47)41-14-8-10-30-16-17-31-11-9-15-42(50)45(31)44(30)41/h5-29H,1-4H3. The lowest BCUT2D eigenvalue weighted by atomic mass is 9.68. The number of ether oxygens (including phenoxy) is 3. The highest BCUT2D eigenvalue weighted by atomic mass is 16.5. The van der Waals surface area contributed by atoms with Crippen molar-refractivity contribution in [2.75, 3.05) is 33.2 Å². The van der Waals surface area contributed by atoms with Crippen LogP contribution in [0.3, 0.4) is 0 Å². The molecule has 11 rings (SSSR count). The molecule has 8 aromatic carbocycles. The number of rotatable bonds is 5. The first-order valence-electron chi connectivity index (χ1n) is 18.5. The van der Waals surface area contributed by atoms with Gasteiger partial charge in [0, 0.05) is 41.9 Å². The molecule has 0 N–H and O–H groups in total. The fourth-order valence-electron chi connectivity index (χ4n) is 9.89. The summed E-state index contributed by atoms with van der Waals surface area (Å²) in [6, 6.07) is 50.6. The highest BCUT2D eigenvalue weighted by Crippen LogP contribution is 2.67. The minimum absolute atomic E-state index is 0.617. The third-order valence-corrected chi connectivity index (χ3v) is 12.2. The average Bonchev–Trinajstić information content (AvgIpc) is 3.71. The lowest BCUT2D eigenvalue weighted by Gasteiger charge is -2.39. The van der Waals surface area contributed by atoms with Crippen molar-refractivity contribution in [3.8, 4) is 28.4 Å². The summed E-state index contributed by atoms with van der Waals surface area (Å²) in [4.78, 5) is 2.13. The van der Waals surface area contributed by atoms with Gasteiger partial charge in [-0.2, -0.15) is 0 Å². The van der Waals surface area contributed by atoms with E-state index in [-0.39, 0.29) is 0 Å². The summed E-state index contributed by atoms with van der Waals surface area (Å²) in [5.74, 6) is 2.47. The number of hydrogen-bond donors (Lipinski definition) is 0. The van der Waals surface area contributed by atoms with E-state index in [0.717, 1.165) is 50.4 Å². The van der Waals surface area contributed by atoms with E-state index in [0.29, 0.717) is 0 Å². The molecule has 0 bridgehead atoms. The van der Waals surface area contributed by atoms with Crippen molar-refractivity contribution in [1.29, 1.82) is 0 Å². The van der Waals surface area contributed by atoms with Gasteiger partial charge in [0.25, 0.3) is 0 Å². The molecule has 0 radical (unpaired) electrons. The Morgan fingerprint density at radius 2 is 1.22 bits per heavy atom. The minimum atomic E-state index is -0.885. The monoisotopic (exact) mass is 699 g/mol. The van der Waals surface area contributed by atoms with E-state index in [1.54, 1.807) is 14.2 Å². The van der Waals surface area contributed by atoms with Gasteiger partial charge < -0.3 is 19.1 Å². The summed E-state index contributed by atoms with van der Waals surface area (Å²) in [5.41, 5.74) is 10.3. The predicted molar refractivity (Wildman–Crippen MR) is 221 cm³/mol. The zero-order valence-electron chi connectivity index (χ0n) is 30.6. The molecule has 1 unspecified atom stereocenters. The molecule has 1 heterocycles. The molecule has 260 valence electrons. The highest BCUT2D eigenvalue weighted by molar-refractivity contribution is 6.19. The molecule has 4 nitrogen and oxygen atoms in total. The van der Waals surface area contributed by atoms with E-state index in [1.165, 1.54) is 54.9 Å². The van der Waals surface area contributed by atoms with Crippen molar-refractivity contribution in [3.63, 3.8) is 0 Å².